The monoisotopic (exact) mass is 424 g/mol. The van der Waals surface area contributed by atoms with Gasteiger partial charge in [0.05, 0.1) is 12.8 Å². The van der Waals surface area contributed by atoms with Crippen LogP contribution in [0, 0.1) is 0 Å². The van der Waals surface area contributed by atoms with Crippen LogP contribution >= 0.6 is 0 Å². The predicted octanol–water partition coefficient (Wildman–Crippen LogP) is 4.62. The molecule has 4 aromatic rings. The Labute approximate surface area is 187 Å². The smallest absolute Gasteiger partial charge is 0.281 e. The molecule has 0 aromatic heterocycles. The van der Waals surface area contributed by atoms with Gasteiger partial charge in [-0.05, 0) is 35.6 Å². The van der Waals surface area contributed by atoms with Crippen LogP contribution in [0.4, 0.5) is 0 Å². The lowest BCUT2D eigenvalue weighted by Gasteiger charge is -2.27. The molecule has 0 radical (unpaired) electrons. The Kier molecular flexibility index (Phi) is 6.29. The van der Waals surface area contributed by atoms with Gasteiger partial charge in [0.25, 0.3) is 5.91 Å². The average molecular weight is 425 g/mol. The number of ether oxygens (including phenoxy) is 1. The Morgan fingerprint density at radius 3 is 2.03 bits per heavy atom. The summed E-state index contributed by atoms with van der Waals surface area (Å²) in [5, 5.41) is 17.6. The zero-order chi connectivity index (χ0) is 22.4. The predicted molar refractivity (Wildman–Crippen MR) is 127 cm³/mol. The van der Waals surface area contributed by atoms with Crippen molar-refractivity contribution in [3.05, 3.63) is 114 Å². The van der Waals surface area contributed by atoms with Gasteiger partial charge in [-0.15, -0.1) is 0 Å². The molecule has 1 amide bonds. The van der Waals surface area contributed by atoms with Crippen LogP contribution in [0.15, 0.2) is 102 Å². The molecule has 4 aromatic carbocycles. The lowest BCUT2D eigenvalue weighted by atomic mass is 9.85. The fourth-order valence-corrected chi connectivity index (χ4v) is 3.72. The van der Waals surface area contributed by atoms with E-state index < -0.39 is 11.5 Å². The van der Waals surface area contributed by atoms with E-state index in [0.717, 1.165) is 22.1 Å². The Balaban J connectivity index is 1.64. The number of nitrogens with zero attached hydrogens (tertiary/aromatic N) is 1. The average Bonchev–Trinajstić information content (AvgIpc) is 2.86. The highest BCUT2D eigenvalue weighted by Gasteiger charge is 2.39. The van der Waals surface area contributed by atoms with Crippen LogP contribution in [0.25, 0.3) is 10.8 Å². The number of aliphatic hydroxyl groups is 1. The van der Waals surface area contributed by atoms with E-state index in [4.69, 9.17) is 4.74 Å². The van der Waals surface area contributed by atoms with E-state index in [2.05, 4.69) is 10.5 Å². The van der Waals surface area contributed by atoms with E-state index in [1.165, 1.54) is 0 Å². The zero-order valence-electron chi connectivity index (χ0n) is 17.7. The molecule has 5 nitrogen and oxygen atoms in total. The Hall–Kier alpha value is -3.96. The van der Waals surface area contributed by atoms with Crippen LogP contribution in [0.2, 0.25) is 0 Å². The van der Waals surface area contributed by atoms with Crippen molar-refractivity contribution < 1.29 is 14.6 Å². The molecule has 0 aliphatic heterocycles. The third kappa shape index (κ3) is 4.11. The molecule has 0 saturated heterocycles. The number of fused-ring (bicyclic) bond motifs is 1. The molecule has 0 unspecified atom stereocenters. The summed E-state index contributed by atoms with van der Waals surface area (Å²) in [6, 6.07) is 29.3. The minimum absolute atomic E-state index is 0.463. The number of hydrazone groups is 1. The van der Waals surface area contributed by atoms with Crippen LogP contribution in [-0.2, 0) is 10.4 Å². The third-order valence-electron chi connectivity index (χ3n) is 5.30. The largest absolute Gasteiger partial charge is 0.493 e. The van der Waals surface area contributed by atoms with Gasteiger partial charge in [0.1, 0.15) is 5.75 Å². The van der Waals surface area contributed by atoms with Crippen LogP contribution in [-0.4, -0.2) is 23.8 Å². The van der Waals surface area contributed by atoms with Gasteiger partial charge in [-0.1, -0.05) is 84.9 Å². The minimum atomic E-state index is -1.87. The maximum Gasteiger partial charge on any atom is 0.281 e. The first kappa shape index (κ1) is 21.3. The number of carbonyl (C=O) groups is 1. The second-order valence-electron chi connectivity index (χ2n) is 7.27. The molecule has 5 heteroatoms. The van der Waals surface area contributed by atoms with E-state index >= 15 is 0 Å². The van der Waals surface area contributed by atoms with Crippen molar-refractivity contribution in [2.45, 2.75) is 12.5 Å². The highest BCUT2D eigenvalue weighted by Crippen LogP contribution is 2.30. The zero-order valence-corrected chi connectivity index (χ0v) is 17.7. The molecule has 0 spiro atoms. The van der Waals surface area contributed by atoms with E-state index in [1.54, 1.807) is 54.7 Å². The van der Waals surface area contributed by atoms with Gasteiger partial charge < -0.3 is 9.84 Å². The molecule has 32 heavy (non-hydrogen) atoms. The Morgan fingerprint density at radius 2 is 1.44 bits per heavy atom. The molecule has 0 atom stereocenters. The maximum atomic E-state index is 13.2. The maximum absolute atomic E-state index is 13.2. The number of hydrogen-bond acceptors (Lipinski definition) is 4. The molecule has 0 saturated carbocycles. The summed E-state index contributed by atoms with van der Waals surface area (Å²) < 4.78 is 5.71. The topological polar surface area (TPSA) is 70.9 Å². The number of amides is 1. The van der Waals surface area contributed by atoms with Gasteiger partial charge in [-0.3, -0.25) is 4.79 Å². The second-order valence-corrected chi connectivity index (χ2v) is 7.27. The van der Waals surface area contributed by atoms with Crippen molar-refractivity contribution >= 4 is 22.9 Å². The van der Waals surface area contributed by atoms with E-state index in [0.29, 0.717) is 17.7 Å². The molecule has 160 valence electrons. The first-order chi connectivity index (χ1) is 15.6. The second kappa shape index (κ2) is 9.45. The molecule has 2 N–H and O–H groups in total. The number of carbonyl (C=O) groups excluding carboxylic acids is 1. The van der Waals surface area contributed by atoms with E-state index in [-0.39, 0.29) is 0 Å². The lowest BCUT2D eigenvalue weighted by Crippen LogP contribution is -2.43. The summed E-state index contributed by atoms with van der Waals surface area (Å²) in [6.07, 6.45) is 1.58. The molecular formula is C27H24N2O3. The molecule has 0 aliphatic carbocycles. The Morgan fingerprint density at radius 1 is 0.875 bits per heavy atom. The van der Waals surface area contributed by atoms with Gasteiger partial charge >= 0.3 is 0 Å². The third-order valence-corrected chi connectivity index (χ3v) is 5.30. The normalized spacial score (nSPS) is 11.6. The van der Waals surface area contributed by atoms with Crippen molar-refractivity contribution in [1.82, 2.24) is 5.43 Å². The fourth-order valence-electron chi connectivity index (χ4n) is 3.72. The van der Waals surface area contributed by atoms with Crippen LogP contribution < -0.4 is 10.2 Å². The molecule has 0 heterocycles. The van der Waals surface area contributed by atoms with Gasteiger partial charge in [0, 0.05) is 10.9 Å². The summed E-state index contributed by atoms with van der Waals surface area (Å²) in [6.45, 7) is 2.52. The standard InChI is InChI=1S/C27H24N2O3/c1-2-32-25-18-17-20(23-15-9-10-16-24(23)25)19-28-29-26(30)27(31,21-11-5-3-6-12-21)22-13-7-4-8-14-22/h3-19,31H,2H2,1H3,(H,29,30)/b28-19-. The molecular weight excluding hydrogens is 400 g/mol. The van der Waals surface area contributed by atoms with Gasteiger partial charge in [-0.25, -0.2) is 5.43 Å². The summed E-state index contributed by atoms with van der Waals surface area (Å²) in [7, 11) is 0. The van der Waals surface area contributed by atoms with Crippen molar-refractivity contribution in [3.8, 4) is 5.75 Å². The highest BCUT2D eigenvalue weighted by molar-refractivity contribution is 6.02. The van der Waals surface area contributed by atoms with Gasteiger partial charge in [0.15, 0.2) is 5.60 Å². The number of hydrogen-bond donors (Lipinski definition) is 2. The summed E-state index contributed by atoms with van der Waals surface area (Å²) in [5.74, 6) is 0.160. The van der Waals surface area contributed by atoms with E-state index in [9.17, 15) is 9.90 Å². The Bertz CT molecular complexity index is 1200. The van der Waals surface area contributed by atoms with Crippen molar-refractivity contribution in [2.24, 2.45) is 5.10 Å². The summed E-state index contributed by atoms with van der Waals surface area (Å²) >= 11 is 0. The van der Waals surface area contributed by atoms with Gasteiger partial charge in [0.2, 0.25) is 0 Å². The van der Waals surface area contributed by atoms with Crippen LogP contribution in [0.5, 0.6) is 5.75 Å². The summed E-state index contributed by atoms with van der Waals surface area (Å²) in [5.41, 5.74) is 2.40. The van der Waals surface area contributed by atoms with Crippen molar-refractivity contribution in [1.29, 1.82) is 0 Å². The first-order valence-corrected chi connectivity index (χ1v) is 10.5. The molecule has 4 rings (SSSR count). The SMILES string of the molecule is CCOc1ccc(/C=N\NC(=O)C(O)(c2ccccc2)c2ccccc2)c2ccccc12. The van der Waals surface area contributed by atoms with Crippen molar-refractivity contribution in [2.75, 3.05) is 6.61 Å². The van der Waals surface area contributed by atoms with Crippen molar-refractivity contribution in [3.63, 3.8) is 0 Å². The number of nitrogens with one attached hydrogen (secondary N) is 1. The van der Waals surface area contributed by atoms with Gasteiger partial charge in [-0.2, -0.15) is 5.10 Å². The van der Waals surface area contributed by atoms with Crippen LogP contribution in [0.3, 0.4) is 0 Å². The molecule has 0 fully saturated rings. The van der Waals surface area contributed by atoms with E-state index in [1.807, 2.05) is 55.5 Å². The highest BCUT2D eigenvalue weighted by atomic mass is 16.5. The summed E-state index contributed by atoms with van der Waals surface area (Å²) in [4.78, 5) is 13.2. The lowest BCUT2D eigenvalue weighted by molar-refractivity contribution is -0.136. The molecule has 0 aliphatic rings. The number of benzene rings is 4. The minimum Gasteiger partial charge on any atom is -0.493 e. The quantitative estimate of drug-likeness (QED) is 0.336. The number of rotatable bonds is 7. The fraction of sp³-hybridized carbons (Fsp3) is 0.111. The molecule has 0 bridgehead atoms. The first-order valence-electron chi connectivity index (χ1n) is 10.5. The van der Waals surface area contributed by atoms with Crippen LogP contribution in [0.1, 0.15) is 23.6 Å².